The average Bonchev–Trinajstić information content (AvgIpc) is 3.50. The molecule has 2 amide bonds. The minimum Gasteiger partial charge on any atom is -0.467 e. The standard InChI is InChI=1S/C22H25N3O5/c26-20(23-17-5-7-18(8-6-17)24-9-1-2-10-24)15-30-22(28)16-12-21(27)25(13-16)14-19-4-3-11-29-19/h3-8,11,16H,1-2,9-10,12-15H2,(H,23,26)/t16-/m1/s1. The second-order valence-corrected chi connectivity index (χ2v) is 7.65. The van der Waals surface area contributed by atoms with E-state index in [-0.39, 0.29) is 25.5 Å². The molecule has 2 fully saturated rings. The number of furan rings is 1. The predicted molar refractivity (Wildman–Crippen MR) is 110 cm³/mol. The van der Waals surface area contributed by atoms with E-state index < -0.39 is 17.8 Å². The lowest BCUT2D eigenvalue weighted by Gasteiger charge is -2.17. The zero-order valence-electron chi connectivity index (χ0n) is 16.7. The van der Waals surface area contributed by atoms with Crippen LogP contribution in [0, 0.1) is 5.92 Å². The zero-order chi connectivity index (χ0) is 20.9. The van der Waals surface area contributed by atoms with Crippen LogP contribution in [0.4, 0.5) is 11.4 Å². The molecule has 1 aromatic carbocycles. The van der Waals surface area contributed by atoms with Crippen molar-refractivity contribution in [1.82, 2.24) is 4.90 Å². The first kappa shape index (κ1) is 20.0. The van der Waals surface area contributed by atoms with Gasteiger partial charge in [-0.1, -0.05) is 0 Å². The Labute approximate surface area is 174 Å². The van der Waals surface area contributed by atoms with E-state index in [1.54, 1.807) is 23.3 Å². The fourth-order valence-electron chi connectivity index (χ4n) is 3.86. The van der Waals surface area contributed by atoms with Crippen molar-refractivity contribution >= 4 is 29.2 Å². The van der Waals surface area contributed by atoms with Crippen LogP contribution in [0.15, 0.2) is 47.1 Å². The number of likely N-dealkylation sites (tertiary alicyclic amines) is 1. The van der Waals surface area contributed by atoms with Gasteiger partial charge in [0.05, 0.1) is 18.7 Å². The van der Waals surface area contributed by atoms with Crippen molar-refractivity contribution in [3.05, 3.63) is 48.4 Å². The molecule has 2 aromatic rings. The van der Waals surface area contributed by atoms with E-state index >= 15 is 0 Å². The molecule has 2 aliphatic heterocycles. The van der Waals surface area contributed by atoms with Gasteiger partial charge < -0.3 is 24.3 Å². The lowest BCUT2D eigenvalue weighted by Crippen LogP contribution is -2.28. The number of nitrogens with one attached hydrogen (secondary N) is 1. The lowest BCUT2D eigenvalue weighted by molar-refractivity contribution is -0.151. The molecule has 0 radical (unpaired) electrons. The van der Waals surface area contributed by atoms with E-state index in [0.29, 0.717) is 18.0 Å². The first-order valence-corrected chi connectivity index (χ1v) is 10.2. The Kier molecular flexibility index (Phi) is 6.02. The molecular weight excluding hydrogens is 386 g/mol. The van der Waals surface area contributed by atoms with Gasteiger partial charge in [-0.05, 0) is 49.2 Å². The fourth-order valence-corrected chi connectivity index (χ4v) is 3.86. The Bertz CT molecular complexity index is 888. The summed E-state index contributed by atoms with van der Waals surface area (Å²) in [5.74, 6) is -0.984. The van der Waals surface area contributed by atoms with Crippen molar-refractivity contribution in [2.45, 2.75) is 25.8 Å². The summed E-state index contributed by atoms with van der Waals surface area (Å²) in [6, 6.07) is 11.2. The van der Waals surface area contributed by atoms with Gasteiger partial charge in [0.1, 0.15) is 5.76 Å². The second kappa shape index (κ2) is 9.02. The maximum atomic E-state index is 12.3. The summed E-state index contributed by atoms with van der Waals surface area (Å²) in [7, 11) is 0. The van der Waals surface area contributed by atoms with E-state index in [9.17, 15) is 14.4 Å². The van der Waals surface area contributed by atoms with Crippen LogP contribution in [0.5, 0.6) is 0 Å². The first-order valence-electron chi connectivity index (χ1n) is 10.2. The molecule has 158 valence electrons. The summed E-state index contributed by atoms with van der Waals surface area (Å²) in [4.78, 5) is 40.4. The predicted octanol–water partition coefficient (Wildman–Crippen LogP) is 2.41. The molecule has 0 bridgehead atoms. The summed E-state index contributed by atoms with van der Waals surface area (Å²) < 4.78 is 10.4. The number of carbonyl (C=O) groups excluding carboxylic acids is 3. The van der Waals surface area contributed by atoms with Gasteiger partial charge in [0, 0.05) is 37.4 Å². The summed E-state index contributed by atoms with van der Waals surface area (Å²) in [5, 5.41) is 2.73. The van der Waals surface area contributed by atoms with Crippen LogP contribution in [-0.2, 0) is 25.7 Å². The number of hydrogen-bond donors (Lipinski definition) is 1. The van der Waals surface area contributed by atoms with Crippen LogP contribution >= 0.6 is 0 Å². The van der Waals surface area contributed by atoms with Gasteiger partial charge in [-0.25, -0.2) is 0 Å². The van der Waals surface area contributed by atoms with E-state index in [1.807, 2.05) is 24.3 Å². The quantitative estimate of drug-likeness (QED) is 0.704. The molecule has 0 aliphatic carbocycles. The van der Waals surface area contributed by atoms with Crippen LogP contribution in [0.1, 0.15) is 25.0 Å². The molecule has 1 atom stereocenters. The molecule has 3 heterocycles. The smallest absolute Gasteiger partial charge is 0.311 e. The maximum absolute atomic E-state index is 12.3. The SMILES string of the molecule is O=C(COC(=O)[C@@H]1CC(=O)N(Cc2ccco2)C1)Nc1ccc(N2CCCC2)cc1. The number of benzene rings is 1. The number of anilines is 2. The molecule has 30 heavy (non-hydrogen) atoms. The zero-order valence-corrected chi connectivity index (χ0v) is 16.7. The highest BCUT2D eigenvalue weighted by Crippen LogP contribution is 2.23. The van der Waals surface area contributed by atoms with Gasteiger partial charge in [0.2, 0.25) is 5.91 Å². The topological polar surface area (TPSA) is 92.1 Å². The fraction of sp³-hybridized carbons (Fsp3) is 0.409. The van der Waals surface area contributed by atoms with Crippen molar-refractivity contribution in [1.29, 1.82) is 0 Å². The summed E-state index contributed by atoms with van der Waals surface area (Å²) in [6.45, 7) is 2.32. The Hall–Kier alpha value is -3.29. The third-order valence-corrected chi connectivity index (χ3v) is 5.44. The van der Waals surface area contributed by atoms with Crippen molar-refractivity contribution in [3.8, 4) is 0 Å². The number of ether oxygens (including phenoxy) is 1. The molecule has 0 spiro atoms. The monoisotopic (exact) mass is 411 g/mol. The molecule has 0 unspecified atom stereocenters. The summed E-state index contributed by atoms with van der Waals surface area (Å²) >= 11 is 0. The molecule has 0 saturated carbocycles. The normalized spacial score (nSPS) is 18.7. The maximum Gasteiger partial charge on any atom is 0.311 e. The van der Waals surface area contributed by atoms with Crippen molar-refractivity contribution in [2.75, 3.05) is 36.5 Å². The van der Waals surface area contributed by atoms with Crippen molar-refractivity contribution < 1.29 is 23.5 Å². The molecule has 2 saturated heterocycles. The summed E-state index contributed by atoms with van der Waals surface area (Å²) in [5.41, 5.74) is 1.79. The third-order valence-electron chi connectivity index (χ3n) is 5.44. The van der Waals surface area contributed by atoms with Crippen LogP contribution in [0.3, 0.4) is 0 Å². The van der Waals surface area contributed by atoms with Crippen LogP contribution in [-0.4, -0.2) is 48.9 Å². The van der Waals surface area contributed by atoms with E-state index in [4.69, 9.17) is 9.15 Å². The Morgan fingerprint density at radius 2 is 1.90 bits per heavy atom. The molecule has 4 rings (SSSR count). The molecule has 1 aromatic heterocycles. The molecule has 8 heteroatoms. The highest BCUT2D eigenvalue weighted by molar-refractivity contribution is 5.93. The van der Waals surface area contributed by atoms with Gasteiger partial charge >= 0.3 is 5.97 Å². The number of hydrogen-bond acceptors (Lipinski definition) is 6. The number of esters is 1. The Morgan fingerprint density at radius 3 is 2.60 bits per heavy atom. The van der Waals surface area contributed by atoms with Crippen LogP contribution < -0.4 is 10.2 Å². The minimum absolute atomic E-state index is 0.0825. The van der Waals surface area contributed by atoms with Crippen LogP contribution in [0.2, 0.25) is 0 Å². The Balaban J connectivity index is 1.21. The molecule has 2 aliphatic rings. The van der Waals surface area contributed by atoms with Crippen molar-refractivity contribution in [2.24, 2.45) is 5.92 Å². The van der Waals surface area contributed by atoms with Gasteiger partial charge in [-0.3, -0.25) is 14.4 Å². The summed E-state index contributed by atoms with van der Waals surface area (Å²) in [6.07, 6.45) is 4.04. The molecule has 8 nitrogen and oxygen atoms in total. The number of amides is 2. The third kappa shape index (κ3) is 4.82. The van der Waals surface area contributed by atoms with Gasteiger partial charge in [-0.15, -0.1) is 0 Å². The van der Waals surface area contributed by atoms with Gasteiger partial charge in [0.15, 0.2) is 6.61 Å². The van der Waals surface area contributed by atoms with Crippen molar-refractivity contribution in [3.63, 3.8) is 0 Å². The largest absolute Gasteiger partial charge is 0.467 e. The highest BCUT2D eigenvalue weighted by Gasteiger charge is 2.35. The lowest BCUT2D eigenvalue weighted by atomic mass is 10.1. The number of nitrogens with zero attached hydrogens (tertiary/aromatic N) is 2. The molecule has 1 N–H and O–H groups in total. The van der Waals surface area contributed by atoms with Gasteiger partial charge in [0.25, 0.3) is 5.91 Å². The highest BCUT2D eigenvalue weighted by atomic mass is 16.5. The van der Waals surface area contributed by atoms with E-state index in [1.165, 1.54) is 12.8 Å². The Morgan fingerprint density at radius 1 is 1.13 bits per heavy atom. The first-order chi connectivity index (χ1) is 14.6. The minimum atomic E-state index is -0.569. The average molecular weight is 411 g/mol. The van der Waals surface area contributed by atoms with Crippen LogP contribution in [0.25, 0.3) is 0 Å². The second-order valence-electron chi connectivity index (χ2n) is 7.65. The van der Waals surface area contributed by atoms with E-state index in [0.717, 1.165) is 18.8 Å². The number of rotatable bonds is 7. The van der Waals surface area contributed by atoms with Gasteiger partial charge in [-0.2, -0.15) is 0 Å². The van der Waals surface area contributed by atoms with E-state index in [2.05, 4.69) is 10.2 Å². The number of carbonyl (C=O) groups is 3. The molecular formula is C22H25N3O5.